The molecule has 21 heavy (non-hydrogen) atoms. The van der Waals surface area contributed by atoms with Crippen LogP contribution in [0.2, 0.25) is 0 Å². The fourth-order valence-electron chi connectivity index (χ4n) is 2.31. The van der Waals surface area contributed by atoms with Crippen LogP contribution >= 0.6 is 55.4 Å². The predicted molar refractivity (Wildman–Crippen MR) is 94.1 cm³/mol. The molecule has 3 heterocycles. The van der Waals surface area contributed by atoms with E-state index in [1.54, 1.807) is 16.2 Å². The van der Waals surface area contributed by atoms with E-state index in [-0.39, 0.29) is 12.0 Å². The lowest BCUT2D eigenvalue weighted by Crippen LogP contribution is -2.37. The molecule has 0 aromatic carbocycles. The molecule has 1 N–H and O–H groups in total. The number of ether oxygens (including phenoxy) is 1. The topological polar surface area (TPSA) is 41.6 Å². The third kappa shape index (κ3) is 3.39. The zero-order valence-corrected chi connectivity index (χ0v) is 15.7. The molecule has 1 unspecified atom stereocenters. The standard InChI is InChI=1S/C13H12Br2N2O2S2/c14-9-4-8(21-11(9)15)5-10-12(18)17(13(20)16-10)6-7-2-1-3-19-7/h4-5,7H,1-3,6H2,(H,16,20)/b10-5+. The first-order valence-corrected chi connectivity index (χ1v) is 9.26. The summed E-state index contributed by atoms with van der Waals surface area (Å²) in [5.41, 5.74) is 0.513. The molecule has 2 fully saturated rings. The minimum atomic E-state index is -0.0869. The molecule has 0 spiro atoms. The van der Waals surface area contributed by atoms with Crippen molar-refractivity contribution in [2.45, 2.75) is 18.9 Å². The smallest absolute Gasteiger partial charge is 0.276 e. The lowest BCUT2D eigenvalue weighted by atomic mass is 10.2. The Kier molecular flexibility index (Phi) is 4.80. The second-order valence-corrected chi connectivity index (χ2v) is 8.45. The average Bonchev–Trinajstić information content (AvgIpc) is 3.10. The predicted octanol–water partition coefficient (Wildman–Crippen LogP) is 3.51. The Labute approximate surface area is 148 Å². The number of thiophene rings is 1. The van der Waals surface area contributed by atoms with Crippen LogP contribution in [0.15, 0.2) is 20.0 Å². The molecule has 1 aromatic heterocycles. The largest absolute Gasteiger partial charge is 0.376 e. The van der Waals surface area contributed by atoms with Crippen molar-refractivity contribution in [1.29, 1.82) is 0 Å². The zero-order chi connectivity index (χ0) is 15.0. The first-order valence-electron chi connectivity index (χ1n) is 6.45. The van der Waals surface area contributed by atoms with Gasteiger partial charge in [-0.25, -0.2) is 0 Å². The van der Waals surface area contributed by atoms with Gasteiger partial charge >= 0.3 is 0 Å². The highest BCUT2D eigenvalue weighted by Crippen LogP contribution is 2.33. The van der Waals surface area contributed by atoms with Crippen LogP contribution in [0, 0.1) is 0 Å². The Hall–Kier alpha value is -0.280. The van der Waals surface area contributed by atoms with Gasteiger partial charge in [0.1, 0.15) is 5.70 Å². The summed E-state index contributed by atoms with van der Waals surface area (Å²) in [6.45, 7) is 1.30. The maximum Gasteiger partial charge on any atom is 0.276 e. The number of hydrogen-bond donors (Lipinski definition) is 1. The van der Waals surface area contributed by atoms with Gasteiger partial charge in [-0.05, 0) is 69.1 Å². The number of rotatable bonds is 3. The van der Waals surface area contributed by atoms with E-state index >= 15 is 0 Å². The molecule has 1 atom stereocenters. The number of nitrogens with zero attached hydrogens (tertiary/aromatic N) is 1. The summed E-state index contributed by atoms with van der Waals surface area (Å²) in [5, 5.41) is 3.45. The summed E-state index contributed by atoms with van der Waals surface area (Å²) in [6.07, 6.45) is 3.95. The average molecular weight is 452 g/mol. The van der Waals surface area contributed by atoms with Crippen molar-refractivity contribution >= 4 is 72.5 Å². The van der Waals surface area contributed by atoms with Gasteiger partial charge in [0.25, 0.3) is 5.91 Å². The van der Waals surface area contributed by atoms with Crippen LogP contribution in [-0.4, -0.2) is 35.2 Å². The van der Waals surface area contributed by atoms with E-state index in [1.807, 2.05) is 12.1 Å². The van der Waals surface area contributed by atoms with E-state index in [1.165, 1.54) is 0 Å². The van der Waals surface area contributed by atoms with Crippen molar-refractivity contribution in [1.82, 2.24) is 10.2 Å². The normalized spacial score (nSPS) is 24.2. The molecule has 0 saturated carbocycles. The number of carbonyl (C=O) groups is 1. The van der Waals surface area contributed by atoms with E-state index < -0.39 is 0 Å². The summed E-state index contributed by atoms with van der Waals surface area (Å²) in [5.74, 6) is -0.0869. The van der Waals surface area contributed by atoms with Gasteiger partial charge in [0, 0.05) is 16.0 Å². The number of nitrogens with one attached hydrogen (secondary N) is 1. The Morgan fingerprint density at radius 2 is 2.38 bits per heavy atom. The van der Waals surface area contributed by atoms with Gasteiger partial charge in [-0.3, -0.25) is 9.69 Å². The van der Waals surface area contributed by atoms with E-state index in [9.17, 15) is 4.79 Å². The number of thiocarbonyl (C=S) groups is 1. The summed E-state index contributed by atoms with van der Waals surface area (Å²) >= 11 is 13.7. The molecule has 2 aliphatic rings. The van der Waals surface area contributed by atoms with Crippen molar-refractivity contribution in [3.05, 3.63) is 24.9 Å². The molecule has 2 aliphatic heterocycles. The third-order valence-corrected chi connectivity index (χ3v) is 6.85. The summed E-state index contributed by atoms with van der Waals surface area (Å²) in [6, 6.07) is 1.96. The lowest BCUT2D eigenvalue weighted by Gasteiger charge is -2.18. The van der Waals surface area contributed by atoms with Gasteiger partial charge in [0.15, 0.2) is 5.11 Å². The van der Waals surface area contributed by atoms with Crippen molar-refractivity contribution < 1.29 is 9.53 Å². The zero-order valence-electron chi connectivity index (χ0n) is 10.9. The van der Waals surface area contributed by atoms with Crippen LogP contribution in [0.25, 0.3) is 6.08 Å². The molecule has 0 radical (unpaired) electrons. The van der Waals surface area contributed by atoms with E-state index in [0.29, 0.717) is 17.4 Å². The molecule has 3 rings (SSSR count). The summed E-state index contributed by atoms with van der Waals surface area (Å²) < 4.78 is 7.55. The minimum Gasteiger partial charge on any atom is -0.376 e. The highest BCUT2D eigenvalue weighted by atomic mass is 79.9. The number of carbonyl (C=O) groups excluding carboxylic acids is 1. The first kappa shape index (κ1) is 15.6. The van der Waals surface area contributed by atoms with Crippen LogP contribution in [0.1, 0.15) is 17.7 Å². The molecule has 1 amide bonds. The Bertz CT molecular complexity index is 604. The lowest BCUT2D eigenvalue weighted by molar-refractivity contribution is -0.123. The Morgan fingerprint density at radius 1 is 1.57 bits per heavy atom. The Balaban J connectivity index is 1.76. The summed E-state index contributed by atoms with van der Waals surface area (Å²) in [4.78, 5) is 15.0. The molecule has 8 heteroatoms. The third-order valence-electron chi connectivity index (χ3n) is 3.32. The number of hydrogen-bond acceptors (Lipinski definition) is 4. The van der Waals surface area contributed by atoms with E-state index in [2.05, 4.69) is 37.2 Å². The highest BCUT2D eigenvalue weighted by molar-refractivity contribution is 9.13. The van der Waals surface area contributed by atoms with E-state index in [0.717, 1.165) is 32.6 Å². The van der Waals surface area contributed by atoms with Crippen LogP contribution in [0.5, 0.6) is 0 Å². The van der Waals surface area contributed by atoms with Crippen molar-refractivity contribution in [3.8, 4) is 0 Å². The number of amides is 1. The number of halogens is 2. The van der Waals surface area contributed by atoms with Crippen LogP contribution in [0.3, 0.4) is 0 Å². The second-order valence-electron chi connectivity index (χ2n) is 4.81. The fraction of sp³-hybridized carbons (Fsp3) is 0.385. The van der Waals surface area contributed by atoms with Crippen molar-refractivity contribution in [2.24, 2.45) is 0 Å². The maximum atomic E-state index is 12.4. The van der Waals surface area contributed by atoms with Crippen LogP contribution < -0.4 is 5.32 Å². The monoisotopic (exact) mass is 450 g/mol. The molecule has 0 bridgehead atoms. The quantitative estimate of drug-likeness (QED) is 0.564. The fourth-order valence-corrected chi connectivity index (χ4v) is 4.61. The molecule has 112 valence electrons. The SMILES string of the molecule is O=C1/C(=C\c2cc(Br)c(Br)s2)NC(=S)N1CC1CCCO1. The van der Waals surface area contributed by atoms with Gasteiger partial charge in [0.2, 0.25) is 0 Å². The molecule has 2 saturated heterocycles. The molecular formula is C13H12Br2N2O2S2. The van der Waals surface area contributed by atoms with Gasteiger partial charge in [-0.15, -0.1) is 11.3 Å². The van der Waals surface area contributed by atoms with Crippen molar-refractivity contribution in [2.75, 3.05) is 13.2 Å². The van der Waals surface area contributed by atoms with Gasteiger partial charge in [0.05, 0.1) is 16.4 Å². The first-order chi connectivity index (χ1) is 10.0. The van der Waals surface area contributed by atoms with Crippen molar-refractivity contribution in [3.63, 3.8) is 0 Å². The van der Waals surface area contributed by atoms with Gasteiger partial charge in [-0.2, -0.15) is 0 Å². The molecule has 4 nitrogen and oxygen atoms in total. The minimum absolute atomic E-state index is 0.0869. The molecule has 1 aromatic rings. The second kappa shape index (κ2) is 6.45. The highest BCUT2D eigenvalue weighted by Gasteiger charge is 2.33. The maximum absolute atomic E-state index is 12.4. The summed E-state index contributed by atoms with van der Waals surface area (Å²) in [7, 11) is 0. The van der Waals surface area contributed by atoms with E-state index in [4.69, 9.17) is 17.0 Å². The molecular weight excluding hydrogens is 440 g/mol. The Morgan fingerprint density at radius 3 is 3.00 bits per heavy atom. The van der Waals surface area contributed by atoms with Crippen LogP contribution in [0.4, 0.5) is 0 Å². The van der Waals surface area contributed by atoms with Gasteiger partial charge < -0.3 is 10.1 Å². The molecule has 0 aliphatic carbocycles. The van der Waals surface area contributed by atoms with Crippen LogP contribution in [-0.2, 0) is 9.53 Å². The van der Waals surface area contributed by atoms with Gasteiger partial charge in [-0.1, -0.05) is 0 Å².